The minimum atomic E-state index is 0.304. The molecule has 404 valence electrons. The zero-order valence-corrected chi connectivity index (χ0v) is 47.1. The predicted molar refractivity (Wildman–Crippen MR) is 354 cm³/mol. The van der Waals surface area contributed by atoms with Gasteiger partial charge in [-0.05, 0) is 134 Å². The molecule has 0 atom stereocenters. The average molecular weight is 1100 g/mol. The second kappa shape index (κ2) is 19.3. The summed E-state index contributed by atoms with van der Waals surface area (Å²) in [6.07, 6.45) is 0. The first kappa shape index (κ1) is 49.1. The molecule has 8 nitrogen and oxygen atoms in total. The van der Waals surface area contributed by atoms with Gasteiger partial charge in [0.15, 0.2) is 0 Å². The van der Waals surface area contributed by atoms with E-state index in [1.807, 2.05) is 6.07 Å². The van der Waals surface area contributed by atoms with E-state index in [1.54, 1.807) is 0 Å². The Labute approximate surface area is 495 Å². The summed E-state index contributed by atoms with van der Waals surface area (Å²) in [5.41, 5.74) is 24.2. The van der Waals surface area contributed by atoms with Gasteiger partial charge in [0, 0.05) is 22.0 Å². The number of hydrogen-bond acceptors (Lipinski definition) is 2. The maximum absolute atomic E-state index is 9.86. The summed E-state index contributed by atoms with van der Waals surface area (Å²) in [7, 11) is 0. The Bertz CT molecular complexity index is 5600. The van der Waals surface area contributed by atoms with Gasteiger partial charge in [0.2, 0.25) is 17.2 Å². The minimum absolute atomic E-state index is 0.304. The lowest BCUT2D eigenvalue weighted by atomic mass is 9.97. The van der Waals surface area contributed by atoms with Gasteiger partial charge in [-0.1, -0.05) is 214 Å². The lowest BCUT2D eigenvalue weighted by Crippen LogP contribution is -2.09. The zero-order valence-electron chi connectivity index (χ0n) is 47.1. The van der Waals surface area contributed by atoms with Crippen LogP contribution >= 0.6 is 0 Å². The van der Waals surface area contributed by atoms with Crippen molar-refractivity contribution in [1.29, 1.82) is 0 Å². The third kappa shape index (κ3) is 7.48. The second-order valence-electron chi connectivity index (χ2n) is 22.7. The lowest BCUT2D eigenvalue weighted by Gasteiger charge is -2.23. The van der Waals surface area contributed by atoms with Gasteiger partial charge in [0.1, 0.15) is 0 Å². The van der Waals surface area contributed by atoms with Crippen molar-refractivity contribution in [2.75, 3.05) is 0 Å². The maximum atomic E-state index is 9.86. The van der Waals surface area contributed by atoms with Crippen LogP contribution < -0.4 is 0 Å². The van der Waals surface area contributed by atoms with Crippen molar-refractivity contribution in [3.8, 4) is 72.7 Å². The zero-order chi connectivity index (χ0) is 57.1. The number of imidazole rings is 4. The molecular weight excluding hydrogens is 1050 g/mol. The first-order chi connectivity index (χ1) is 42.5. The van der Waals surface area contributed by atoms with Crippen LogP contribution in [0.1, 0.15) is 25.3 Å². The third-order valence-electron chi connectivity index (χ3n) is 17.5. The largest absolute Gasteiger partial charge is 0.317 e. The fourth-order valence-electron chi connectivity index (χ4n) is 13.4. The molecule has 0 bridgehead atoms. The molecule has 0 saturated carbocycles. The number of hydrogen-bond donors (Lipinski definition) is 0. The van der Waals surface area contributed by atoms with Crippen molar-refractivity contribution in [2.24, 2.45) is 0 Å². The normalized spacial score (nSPS) is 11.9. The number of para-hydroxylation sites is 1. The van der Waals surface area contributed by atoms with Gasteiger partial charge in [-0.3, -0.25) is 17.9 Å². The summed E-state index contributed by atoms with van der Waals surface area (Å²) in [4.78, 5) is 16.2. The Hall–Kier alpha value is -11.5. The van der Waals surface area contributed by atoms with E-state index in [4.69, 9.17) is 14.8 Å². The summed E-state index contributed by atoms with van der Waals surface area (Å²) in [5, 5.41) is 2.24. The fourth-order valence-corrected chi connectivity index (χ4v) is 13.4. The molecule has 17 aromatic rings. The smallest absolute Gasteiger partial charge is 0.222 e. The van der Waals surface area contributed by atoms with E-state index >= 15 is 0 Å². The number of fused-ring (bicyclic) bond motifs is 13. The van der Waals surface area contributed by atoms with Crippen molar-refractivity contribution in [2.45, 2.75) is 19.8 Å². The van der Waals surface area contributed by atoms with E-state index < -0.39 is 0 Å². The Morgan fingerprint density at radius 3 is 1.21 bits per heavy atom. The summed E-state index contributed by atoms with van der Waals surface area (Å²) >= 11 is 0. The van der Waals surface area contributed by atoms with E-state index in [0.717, 1.165) is 150 Å². The van der Waals surface area contributed by atoms with Crippen LogP contribution in [0.15, 0.2) is 273 Å². The van der Waals surface area contributed by atoms with E-state index in [2.05, 4.69) is 303 Å². The van der Waals surface area contributed by atoms with Crippen molar-refractivity contribution in [3.63, 3.8) is 0 Å². The molecular formula is C78H52N8. The molecule has 5 aromatic heterocycles. The van der Waals surface area contributed by atoms with E-state index in [9.17, 15) is 6.57 Å². The van der Waals surface area contributed by atoms with Gasteiger partial charge >= 0.3 is 0 Å². The second-order valence-corrected chi connectivity index (χ2v) is 22.7. The van der Waals surface area contributed by atoms with Crippen molar-refractivity contribution >= 4 is 83.2 Å². The van der Waals surface area contributed by atoms with Crippen LogP contribution in [0, 0.1) is 6.57 Å². The molecule has 0 fully saturated rings. The monoisotopic (exact) mass is 1100 g/mol. The van der Waals surface area contributed by atoms with Crippen molar-refractivity contribution < 1.29 is 0 Å². The van der Waals surface area contributed by atoms with Crippen molar-refractivity contribution in [1.82, 2.24) is 32.5 Å². The fraction of sp³-hybridized carbons (Fsp3) is 0.0385. The quantitative estimate of drug-likeness (QED) is 0.135. The van der Waals surface area contributed by atoms with E-state index in [1.165, 1.54) is 5.56 Å². The number of rotatable bonds is 9. The molecule has 0 spiro atoms. The summed E-state index contributed by atoms with van der Waals surface area (Å²) in [6.45, 7) is 14.4. The van der Waals surface area contributed by atoms with Crippen LogP contribution in [-0.4, -0.2) is 32.5 Å². The van der Waals surface area contributed by atoms with Gasteiger partial charge in [-0.15, -0.1) is 0 Å². The standard InChI is InChI=1S/C78H52N8/c1-49(2)55-35-40-65-61(43-55)60-31-19-20-32-64(60)82(65)76-73(84-67-42-37-59(53-27-15-7-16-28-53)47-71(67)86-69-45-57(51-23-11-5-12-24-51)34-39-63(69)81-78(84)86)48-72(74(75(76)79-3)54-29-17-8-18-30-54)83-66-41-36-58(52-25-13-6-14-26-52)46-70(66)85-68-44-56(50-21-9-4-10-22-50)33-38-62(68)80-77(83)85/h4-49H,1-2H3. The highest BCUT2D eigenvalue weighted by atomic mass is 15.2. The van der Waals surface area contributed by atoms with Gasteiger partial charge < -0.3 is 4.57 Å². The van der Waals surface area contributed by atoms with Gasteiger partial charge in [0.25, 0.3) is 0 Å². The molecule has 0 N–H and O–H groups in total. The average Bonchev–Trinajstić information content (AvgIpc) is 1.54. The van der Waals surface area contributed by atoms with Crippen LogP contribution in [0.3, 0.4) is 0 Å². The summed E-state index contributed by atoms with van der Waals surface area (Å²) in [6, 6.07) is 97.3. The molecule has 0 aliphatic carbocycles. The topological polar surface area (TPSA) is 53.8 Å². The Balaban J connectivity index is 1.07. The van der Waals surface area contributed by atoms with E-state index in [0.29, 0.717) is 11.6 Å². The lowest BCUT2D eigenvalue weighted by molar-refractivity contribution is 0.868. The molecule has 12 aromatic carbocycles. The SMILES string of the molecule is [C-]#[N+]c1c(-c2ccccc2)c(-n2c3ccc(-c4ccccc4)cc3n3c4cc(-c5ccccc5)ccc4nc23)cc(-n2c3ccc(-c4ccccc4)cc3n3c4cc(-c5ccccc5)ccc4nc23)c1-n1c2ccccc2c2cc(C(C)C)ccc21. The van der Waals surface area contributed by atoms with Crippen LogP contribution in [0.5, 0.6) is 0 Å². The number of aromatic nitrogens is 7. The first-order valence-corrected chi connectivity index (χ1v) is 29.3. The first-order valence-electron chi connectivity index (χ1n) is 29.3. The number of benzene rings is 12. The molecule has 86 heavy (non-hydrogen) atoms. The molecule has 0 aliphatic heterocycles. The van der Waals surface area contributed by atoms with E-state index in [-0.39, 0.29) is 0 Å². The molecule has 17 rings (SSSR count). The molecule has 0 saturated heterocycles. The van der Waals surface area contributed by atoms with Gasteiger partial charge in [-0.25, -0.2) is 14.8 Å². The predicted octanol–water partition coefficient (Wildman–Crippen LogP) is 20.3. The highest BCUT2D eigenvalue weighted by Gasteiger charge is 2.31. The minimum Gasteiger partial charge on any atom is -0.317 e. The Kier molecular flexibility index (Phi) is 11.0. The van der Waals surface area contributed by atoms with Crippen LogP contribution in [0.25, 0.3) is 155 Å². The highest BCUT2D eigenvalue weighted by molar-refractivity contribution is 6.12. The third-order valence-corrected chi connectivity index (χ3v) is 17.5. The van der Waals surface area contributed by atoms with Crippen LogP contribution in [0.2, 0.25) is 0 Å². The molecule has 8 heteroatoms. The highest BCUT2D eigenvalue weighted by Crippen LogP contribution is 2.50. The molecule has 0 aliphatic rings. The van der Waals surface area contributed by atoms with Gasteiger partial charge in [0.05, 0.1) is 73.1 Å². The molecule has 0 radical (unpaired) electrons. The Morgan fingerprint density at radius 2 is 0.733 bits per heavy atom. The van der Waals surface area contributed by atoms with Crippen molar-refractivity contribution in [3.05, 3.63) is 290 Å². The molecule has 0 amide bonds. The van der Waals surface area contributed by atoms with Crippen LogP contribution in [0.4, 0.5) is 5.69 Å². The summed E-state index contributed by atoms with van der Waals surface area (Å²) < 4.78 is 11.6. The van der Waals surface area contributed by atoms with Gasteiger partial charge in [-0.2, -0.15) is 0 Å². The number of nitrogens with zero attached hydrogens (tertiary/aromatic N) is 8. The molecule has 5 heterocycles. The molecule has 0 unspecified atom stereocenters. The summed E-state index contributed by atoms with van der Waals surface area (Å²) in [5.74, 6) is 1.75. The Morgan fingerprint density at radius 1 is 0.326 bits per heavy atom. The maximum Gasteiger partial charge on any atom is 0.222 e. The van der Waals surface area contributed by atoms with Crippen LogP contribution in [-0.2, 0) is 0 Å².